The molecule has 2 aromatic rings. The number of rotatable bonds is 3. The largest absolute Gasteiger partial charge is 0.356 e. The van der Waals surface area contributed by atoms with Gasteiger partial charge in [-0.05, 0) is 48.0 Å². The molecule has 1 aliphatic heterocycles. The van der Waals surface area contributed by atoms with E-state index in [2.05, 4.69) is 0 Å². The summed E-state index contributed by atoms with van der Waals surface area (Å²) in [5.74, 6) is -0.118. The van der Waals surface area contributed by atoms with Crippen molar-refractivity contribution in [3.8, 4) is 0 Å². The first-order chi connectivity index (χ1) is 9.51. The molecule has 1 aliphatic rings. The summed E-state index contributed by atoms with van der Waals surface area (Å²) in [6.45, 7) is 0.325. The van der Waals surface area contributed by atoms with Gasteiger partial charge in [0, 0.05) is 20.6 Å². The van der Waals surface area contributed by atoms with Gasteiger partial charge < -0.3 is 4.74 Å². The van der Waals surface area contributed by atoms with E-state index < -0.39 is 5.60 Å². The number of hydrogen-bond acceptors (Lipinski definition) is 2. The zero-order chi connectivity index (χ0) is 14.3. The highest BCUT2D eigenvalue weighted by Gasteiger charge is 2.54. The summed E-state index contributed by atoms with van der Waals surface area (Å²) >= 11 is 17.8. The fourth-order valence-corrected chi connectivity index (χ4v) is 2.77. The maximum Gasteiger partial charge on any atom is 0.201 e. The molecule has 2 nitrogen and oxygen atoms in total. The molecule has 0 saturated carbocycles. The van der Waals surface area contributed by atoms with Gasteiger partial charge in [-0.2, -0.15) is 0 Å². The van der Waals surface area contributed by atoms with Crippen molar-refractivity contribution in [2.75, 3.05) is 6.61 Å². The van der Waals surface area contributed by atoms with Crippen LogP contribution in [0.1, 0.15) is 15.9 Å². The number of ether oxygens (including phenoxy) is 1. The van der Waals surface area contributed by atoms with E-state index >= 15 is 0 Å². The van der Waals surface area contributed by atoms with Crippen LogP contribution in [0.25, 0.3) is 0 Å². The van der Waals surface area contributed by atoms with Gasteiger partial charge in [0.05, 0.1) is 6.61 Å². The summed E-state index contributed by atoms with van der Waals surface area (Å²) in [6, 6.07) is 11.7. The molecular formula is C15H9Cl3O2. The third-order valence-electron chi connectivity index (χ3n) is 3.24. The van der Waals surface area contributed by atoms with Crippen LogP contribution in [0.4, 0.5) is 0 Å². The van der Waals surface area contributed by atoms with Crippen molar-refractivity contribution in [1.82, 2.24) is 0 Å². The lowest BCUT2D eigenvalue weighted by molar-refractivity contribution is 0.0871. The van der Waals surface area contributed by atoms with Gasteiger partial charge in [-0.25, -0.2) is 0 Å². The van der Waals surface area contributed by atoms with Crippen molar-refractivity contribution in [3.05, 3.63) is 68.7 Å². The highest BCUT2D eigenvalue weighted by molar-refractivity contribution is 6.34. The average molecular weight is 328 g/mol. The van der Waals surface area contributed by atoms with Crippen LogP contribution in [-0.4, -0.2) is 12.4 Å². The molecule has 1 unspecified atom stereocenters. The monoisotopic (exact) mass is 326 g/mol. The van der Waals surface area contributed by atoms with Crippen LogP contribution in [0.15, 0.2) is 42.5 Å². The number of carbonyl (C=O) groups is 1. The van der Waals surface area contributed by atoms with E-state index in [0.29, 0.717) is 32.8 Å². The number of carbonyl (C=O) groups excluding carboxylic acids is 1. The van der Waals surface area contributed by atoms with Gasteiger partial charge in [-0.3, -0.25) is 4.79 Å². The summed E-state index contributed by atoms with van der Waals surface area (Å²) in [5.41, 5.74) is 0.250. The second-order valence-corrected chi connectivity index (χ2v) is 5.92. The summed E-state index contributed by atoms with van der Waals surface area (Å²) in [7, 11) is 0. The van der Waals surface area contributed by atoms with E-state index in [4.69, 9.17) is 39.5 Å². The topological polar surface area (TPSA) is 29.6 Å². The number of benzene rings is 2. The normalized spacial score (nSPS) is 20.8. The smallest absolute Gasteiger partial charge is 0.201 e. The first kappa shape index (κ1) is 13.9. The van der Waals surface area contributed by atoms with Crippen LogP contribution in [0, 0.1) is 0 Å². The molecule has 1 atom stereocenters. The summed E-state index contributed by atoms with van der Waals surface area (Å²) in [4.78, 5) is 12.6. The predicted molar refractivity (Wildman–Crippen MR) is 79.9 cm³/mol. The molecular weight excluding hydrogens is 319 g/mol. The Bertz CT molecular complexity index is 656. The molecule has 0 aromatic heterocycles. The molecule has 5 heteroatoms. The Hall–Kier alpha value is -1.06. The lowest BCUT2D eigenvalue weighted by Gasteiger charge is -2.12. The summed E-state index contributed by atoms with van der Waals surface area (Å²) in [5, 5.41) is 1.54. The molecule has 1 fully saturated rings. The third kappa shape index (κ3) is 2.45. The second-order valence-electron chi connectivity index (χ2n) is 4.61. The minimum atomic E-state index is -0.970. The van der Waals surface area contributed by atoms with E-state index in [0.717, 1.165) is 0 Å². The molecule has 102 valence electrons. The SMILES string of the molecule is O=C(c1ccc(Cl)cc1)C1(c2cc(Cl)cc(Cl)c2)CO1. The lowest BCUT2D eigenvalue weighted by Crippen LogP contribution is -2.22. The highest BCUT2D eigenvalue weighted by atomic mass is 35.5. The van der Waals surface area contributed by atoms with Crippen molar-refractivity contribution < 1.29 is 9.53 Å². The van der Waals surface area contributed by atoms with Gasteiger partial charge in [0.1, 0.15) is 0 Å². The molecule has 0 amide bonds. The molecule has 0 aliphatic carbocycles. The highest BCUT2D eigenvalue weighted by Crippen LogP contribution is 2.43. The van der Waals surface area contributed by atoms with Gasteiger partial charge in [0.25, 0.3) is 0 Å². The minimum Gasteiger partial charge on any atom is -0.356 e. The van der Waals surface area contributed by atoms with Gasteiger partial charge in [-0.1, -0.05) is 34.8 Å². The van der Waals surface area contributed by atoms with Gasteiger partial charge in [-0.15, -0.1) is 0 Å². The van der Waals surface area contributed by atoms with E-state index in [1.54, 1.807) is 42.5 Å². The Kier molecular flexibility index (Phi) is 3.51. The fraction of sp³-hybridized carbons (Fsp3) is 0.133. The van der Waals surface area contributed by atoms with Crippen molar-refractivity contribution in [3.63, 3.8) is 0 Å². The Labute approximate surface area is 131 Å². The predicted octanol–water partition coefficient (Wildman–Crippen LogP) is 4.76. The van der Waals surface area contributed by atoms with Crippen LogP contribution < -0.4 is 0 Å². The molecule has 2 aromatic carbocycles. The fourth-order valence-electron chi connectivity index (χ4n) is 2.12. The molecule has 0 spiro atoms. The van der Waals surface area contributed by atoms with Crippen molar-refractivity contribution in [2.24, 2.45) is 0 Å². The van der Waals surface area contributed by atoms with Gasteiger partial charge in [0.2, 0.25) is 5.78 Å². The molecule has 1 saturated heterocycles. The van der Waals surface area contributed by atoms with Crippen molar-refractivity contribution in [2.45, 2.75) is 5.60 Å². The molecule has 1 heterocycles. The second kappa shape index (κ2) is 5.05. The molecule has 0 bridgehead atoms. The van der Waals surface area contributed by atoms with E-state index in [1.807, 2.05) is 0 Å². The standard InChI is InChI=1S/C15H9Cl3O2/c16-11-3-1-9(2-4-11)14(19)15(8-20-15)10-5-12(17)7-13(18)6-10/h1-7H,8H2. The molecule has 3 rings (SSSR count). The van der Waals surface area contributed by atoms with Crippen LogP contribution in [0.2, 0.25) is 15.1 Å². The first-order valence-electron chi connectivity index (χ1n) is 5.92. The van der Waals surface area contributed by atoms with Crippen molar-refractivity contribution in [1.29, 1.82) is 0 Å². The zero-order valence-electron chi connectivity index (χ0n) is 10.2. The molecule has 20 heavy (non-hydrogen) atoms. The molecule has 0 radical (unpaired) electrons. The summed E-state index contributed by atoms with van der Waals surface area (Å²) in [6.07, 6.45) is 0. The number of halogens is 3. The van der Waals surface area contributed by atoms with E-state index in [-0.39, 0.29) is 5.78 Å². The summed E-state index contributed by atoms with van der Waals surface area (Å²) < 4.78 is 5.44. The van der Waals surface area contributed by atoms with Crippen LogP contribution in [0.5, 0.6) is 0 Å². The quantitative estimate of drug-likeness (QED) is 0.601. The number of hydrogen-bond donors (Lipinski definition) is 0. The number of Topliss-reactive ketones (excluding diaryl/α,β-unsaturated/α-hetero) is 1. The van der Waals surface area contributed by atoms with Crippen LogP contribution in [-0.2, 0) is 10.3 Å². The average Bonchev–Trinajstić information content (AvgIpc) is 3.19. The number of epoxide rings is 1. The Morgan fingerprint density at radius 2 is 1.50 bits per heavy atom. The van der Waals surface area contributed by atoms with Crippen LogP contribution in [0.3, 0.4) is 0 Å². The first-order valence-corrected chi connectivity index (χ1v) is 7.05. The number of ketones is 1. The van der Waals surface area contributed by atoms with Gasteiger partial charge in [0.15, 0.2) is 5.60 Å². The lowest BCUT2D eigenvalue weighted by atomic mass is 9.91. The minimum absolute atomic E-state index is 0.118. The Balaban J connectivity index is 2.00. The zero-order valence-corrected chi connectivity index (χ0v) is 12.5. The maximum absolute atomic E-state index is 12.6. The van der Waals surface area contributed by atoms with E-state index in [1.165, 1.54) is 0 Å². The molecule has 0 N–H and O–H groups in total. The third-order valence-corrected chi connectivity index (χ3v) is 3.92. The van der Waals surface area contributed by atoms with Crippen LogP contribution >= 0.6 is 34.8 Å². The Morgan fingerprint density at radius 3 is 2.00 bits per heavy atom. The van der Waals surface area contributed by atoms with Gasteiger partial charge >= 0.3 is 0 Å². The van der Waals surface area contributed by atoms with Crippen molar-refractivity contribution >= 4 is 40.6 Å². The Morgan fingerprint density at radius 1 is 0.950 bits per heavy atom. The van der Waals surface area contributed by atoms with E-state index in [9.17, 15) is 4.79 Å². The maximum atomic E-state index is 12.6.